The van der Waals surface area contributed by atoms with E-state index in [9.17, 15) is 9.59 Å². The Kier molecular flexibility index (Phi) is 9.27. The molecule has 1 aliphatic heterocycles. The maximum absolute atomic E-state index is 12.5. The second kappa shape index (κ2) is 12.4. The van der Waals surface area contributed by atoms with E-state index >= 15 is 0 Å². The number of rotatable bonds is 11. The third-order valence-electron chi connectivity index (χ3n) is 5.66. The van der Waals surface area contributed by atoms with E-state index in [4.69, 9.17) is 14.2 Å². The maximum atomic E-state index is 12.5. The first-order chi connectivity index (χ1) is 15.6. The molecule has 1 fully saturated rings. The molecule has 0 saturated carbocycles. The summed E-state index contributed by atoms with van der Waals surface area (Å²) in [5.74, 6) is 0.547. The summed E-state index contributed by atoms with van der Waals surface area (Å²) in [6.07, 6.45) is 3.69. The number of methoxy groups -OCH3 is 1. The van der Waals surface area contributed by atoms with Crippen LogP contribution in [0.4, 0.5) is 0 Å². The van der Waals surface area contributed by atoms with Crippen molar-refractivity contribution in [3.05, 3.63) is 64.1 Å². The molecule has 2 heterocycles. The van der Waals surface area contributed by atoms with E-state index in [-0.39, 0.29) is 11.5 Å². The van der Waals surface area contributed by atoms with E-state index in [1.54, 1.807) is 13.3 Å². The van der Waals surface area contributed by atoms with Crippen LogP contribution in [0.1, 0.15) is 28.8 Å². The van der Waals surface area contributed by atoms with Gasteiger partial charge in [-0.15, -0.1) is 0 Å². The van der Waals surface area contributed by atoms with Gasteiger partial charge in [0, 0.05) is 58.3 Å². The van der Waals surface area contributed by atoms with Gasteiger partial charge in [0.2, 0.25) is 0 Å². The monoisotopic (exact) mass is 443 g/mol. The number of benzene rings is 1. The van der Waals surface area contributed by atoms with Crippen LogP contribution in [0.3, 0.4) is 0 Å². The van der Waals surface area contributed by atoms with Crippen LogP contribution in [-0.4, -0.2) is 68.5 Å². The molecular formula is C24H33N3O5. The zero-order valence-corrected chi connectivity index (χ0v) is 18.9. The molecule has 8 nitrogen and oxygen atoms in total. The van der Waals surface area contributed by atoms with Gasteiger partial charge in [-0.2, -0.15) is 0 Å². The predicted octanol–water partition coefficient (Wildman–Crippen LogP) is 1.91. The molecule has 1 N–H and O–H groups in total. The van der Waals surface area contributed by atoms with Crippen molar-refractivity contribution in [1.29, 1.82) is 0 Å². The van der Waals surface area contributed by atoms with Crippen molar-refractivity contribution < 1.29 is 19.0 Å². The Morgan fingerprint density at radius 2 is 2.03 bits per heavy atom. The third-order valence-corrected chi connectivity index (χ3v) is 5.66. The molecule has 1 aliphatic rings. The molecule has 0 spiro atoms. The Morgan fingerprint density at radius 3 is 2.81 bits per heavy atom. The second-order valence-corrected chi connectivity index (χ2v) is 7.94. The highest BCUT2D eigenvalue weighted by atomic mass is 16.5. The zero-order chi connectivity index (χ0) is 22.8. The normalized spacial score (nSPS) is 14.5. The van der Waals surface area contributed by atoms with Crippen LogP contribution in [0.15, 0.2) is 47.4 Å². The van der Waals surface area contributed by atoms with Crippen LogP contribution in [0, 0.1) is 0 Å². The van der Waals surface area contributed by atoms with E-state index in [2.05, 4.69) is 17.3 Å². The maximum Gasteiger partial charge on any atom is 0.253 e. The van der Waals surface area contributed by atoms with Gasteiger partial charge in [0.05, 0.1) is 12.2 Å². The summed E-state index contributed by atoms with van der Waals surface area (Å²) >= 11 is 0. The number of nitrogens with one attached hydrogen (secondary N) is 1. The first-order valence-corrected chi connectivity index (χ1v) is 11.0. The largest absolute Gasteiger partial charge is 0.492 e. The molecule has 1 aromatic carbocycles. The summed E-state index contributed by atoms with van der Waals surface area (Å²) in [7, 11) is 3.70. The van der Waals surface area contributed by atoms with Crippen molar-refractivity contribution >= 4 is 5.91 Å². The summed E-state index contributed by atoms with van der Waals surface area (Å²) in [5, 5.41) is 2.90. The van der Waals surface area contributed by atoms with Crippen molar-refractivity contribution in [3.63, 3.8) is 0 Å². The van der Waals surface area contributed by atoms with Crippen LogP contribution >= 0.6 is 0 Å². The van der Waals surface area contributed by atoms with Gasteiger partial charge in [-0.25, -0.2) is 0 Å². The van der Waals surface area contributed by atoms with Gasteiger partial charge in [-0.05, 0) is 43.7 Å². The van der Waals surface area contributed by atoms with Gasteiger partial charge < -0.3 is 24.1 Å². The summed E-state index contributed by atoms with van der Waals surface area (Å²) in [6, 6.07) is 11.2. The van der Waals surface area contributed by atoms with Gasteiger partial charge in [-0.1, -0.05) is 12.1 Å². The molecule has 8 heteroatoms. The molecule has 0 unspecified atom stereocenters. The lowest BCUT2D eigenvalue weighted by Gasteiger charge is -2.31. The fourth-order valence-corrected chi connectivity index (χ4v) is 3.68. The molecule has 2 aromatic rings. The molecular weight excluding hydrogens is 410 g/mol. The van der Waals surface area contributed by atoms with Crippen molar-refractivity contribution in [2.75, 3.05) is 47.1 Å². The lowest BCUT2D eigenvalue weighted by Crippen LogP contribution is -2.38. The Hall–Kier alpha value is -2.68. The van der Waals surface area contributed by atoms with E-state index in [0.29, 0.717) is 37.9 Å². The zero-order valence-electron chi connectivity index (χ0n) is 18.9. The van der Waals surface area contributed by atoms with E-state index in [1.807, 2.05) is 24.3 Å². The molecule has 0 radical (unpaired) electrons. The highest BCUT2D eigenvalue weighted by molar-refractivity contribution is 5.93. The number of pyridine rings is 1. The van der Waals surface area contributed by atoms with Gasteiger partial charge in [0.15, 0.2) is 0 Å². The van der Waals surface area contributed by atoms with E-state index in [1.165, 1.54) is 16.7 Å². The number of carbonyl (C=O) groups is 1. The Labute approximate surface area is 189 Å². The minimum Gasteiger partial charge on any atom is -0.492 e. The molecule has 1 aromatic heterocycles. The van der Waals surface area contributed by atoms with Gasteiger partial charge in [-0.3, -0.25) is 14.5 Å². The highest BCUT2D eigenvalue weighted by Gasteiger charge is 2.18. The van der Waals surface area contributed by atoms with E-state index < -0.39 is 0 Å². The number of amides is 1. The fraction of sp³-hybridized carbons (Fsp3) is 0.500. The topological polar surface area (TPSA) is 82.0 Å². The van der Waals surface area contributed by atoms with Crippen LogP contribution < -0.4 is 15.6 Å². The van der Waals surface area contributed by atoms with Crippen molar-refractivity contribution in [2.24, 2.45) is 0 Å². The molecule has 1 amide bonds. The number of carbonyl (C=O) groups excluding carboxylic acids is 1. The smallest absolute Gasteiger partial charge is 0.253 e. The first kappa shape index (κ1) is 24.0. The van der Waals surface area contributed by atoms with Crippen LogP contribution in [-0.2, 0) is 22.6 Å². The minimum atomic E-state index is -0.236. The van der Waals surface area contributed by atoms with Gasteiger partial charge >= 0.3 is 0 Å². The highest BCUT2D eigenvalue weighted by Crippen LogP contribution is 2.15. The Morgan fingerprint density at radius 1 is 1.22 bits per heavy atom. The molecule has 1 saturated heterocycles. The standard InChI is InChI=1S/C24H33N3O5/c1-26(21-8-12-31-13-9-21)10-15-32-22-5-3-4-19(16-22)17-25-24(29)20-6-7-23(28)27(18-20)11-14-30-2/h3-7,16,18,21H,8-15,17H2,1-2H3,(H,25,29). The Balaban J connectivity index is 1.48. The van der Waals surface area contributed by atoms with Crippen LogP contribution in [0.2, 0.25) is 0 Å². The number of hydrogen-bond acceptors (Lipinski definition) is 6. The van der Waals surface area contributed by atoms with Crippen molar-refractivity contribution in [3.8, 4) is 5.75 Å². The van der Waals surface area contributed by atoms with Gasteiger partial charge in [0.25, 0.3) is 11.5 Å². The molecule has 0 bridgehead atoms. The summed E-state index contributed by atoms with van der Waals surface area (Å²) in [5.41, 5.74) is 1.22. The first-order valence-electron chi connectivity index (χ1n) is 11.0. The minimum absolute atomic E-state index is 0.161. The number of likely N-dealkylation sites (N-methyl/N-ethyl adjacent to an activating group) is 1. The fourth-order valence-electron chi connectivity index (χ4n) is 3.68. The van der Waals surface area contributed by atoms with Crippen LogP contribution in [0.25, 0.3) is 0 Å². The molecule has 0 atom stereocenters. The summed E-state index contributed by atoms with van der Waals surface area (Å²) < 4.78 is 17.8. The number of aromatic nitrogens is 1. The average Bonchev–Trinajstić information content (AvgIpc) is 2.82. The number of hydrogen-bond donors (Lipinski definition) is 1. The summed E-state index contributed by atoms with van der Waals surface area (Å²) in [4.78, 5) is 26.8. The average molecular weight is 444 g/mol. The SMILES string of the molecule is COCCn1cc(C(=O)NCc2cccc(OCCN(C)C3CCOCC3)c2)ccc1=O. The lowest BCUT2D eigenvalue weighted by atomic mass is 10.1. The number of nitrogens with zero attached hydrogens (tertiary/aromatic N) is 2. The molecule has 32 heavy (non-hydrogen) atoms. The van der Waals surface area contributed by atoms with Gasteiger partial charge in [0.1, 0.15) is 12.4 Å². The third kappa shape index (κ3) is 7.19. The quantitative estimate of drug-likeness (QED) is 0.571. The van der Waals surface area contributed by atoms with Crippen molar-refractivity contribution in [2.45, 2.75) is 32.0 Å². The van der Waals surface area contributed by atoms with Crippen LogP contribution in [0.5, 0.6) is 5.75 Å². The lowest BCUT2D eigenvalue weighted by molar-refractivity contribution is 0.0392. The second-order valence-electron chi connectivity index (χ2n) is 7.94. The summed E-state index contributed by atoms with van der Waals surface area (Å²) in [6.45, 7) is 4.30. The number of ether oxygens (including phenoxy) is 3. The predicted molar refractivity (Wildman–Crippen MR) is 122 cm³/mol. The Bertz CT molecular complexity index is 924. The molecule has 3 rings (SSSR count). The van der Waals surface area contributed by atoms with Crippen molar-refractivity contribution in [1.82, 2.24) is 14.8 Å². The van der Waals surface area contributed by atoms with E-state index in [0.717, 1.165) is 43.9 Å². The molecule has 174 valence electrons. The molecule has 0 aliphatic carbocycles.